The topological polar surface area (TPSA) is 0 Å². The molecule has 0 N–H and O–H groups in total. The highest BCUT2D eigenvalue weighted by molar-refractivity contribution is 14.1. The van der Waals surface area contributed by atoms with Gasteiger partial charge in [0.05, 0.1) is 7.76 Å². The lowest BCUT2D eigenvalue weighted by molar-refractivity contribution is -0.347. The number of rotatable bonds is 2. The molecule has 0 nitrogen and oxygen atoms in total. The fourth-order valence-corrected chi connectivity index (χ4v) is 4.38. The lowest BCUT2D eigenvalue weighted by Gasteiger charge is -2.28. The van der Waals surface area contributed by atoms with Gasteiger partial charge >= 0.3 is 18.0 Å². The molecule has 0 saturated heterocycles. The molecule has 0 aromatic carbocycles. The molecule has 0 aliphatic carbocycles. The minimum Gasteiger partial charge on any atom is -0.217 e. The van der Waals surface area contributed by atoms with Gasteiger partial charge in [-0.3, -0.25) is 0 Å². The van der Waals surface area contributed by atoms with E-state index in [2.05, 4.69) is 0 Å². The molecule has 0 fully saturated rings. The van der Waals surface area contributed by atoms with Gasteiger partial charge in [-0.2, -0.15) is 26.3 Å². The van der Waals surface area contributed by atoms with Crippen LogP contribution in [0.2, 0.25) is 0 Å². The summed E-state index contributed by atoms with van der Waals surface area (Å²) in [4.78, 5) is -0.767. The van der Waals surface area contributed by atoms with Gasteiger partial charge in [0, 0.05) is 9.75 Å². The minimum atomic E-state index is -6.07. The molecule has 0 bridgehead atoms. The summed E-state index contributed by atoms with van der Waals surface area (Å²) < 4.78 is 90.3. The van der Waals surface area contributed by atoms with Crippen LogP contribution in [0.25, 0.3) is 9.75 Å². The van der Waals surface area contributed by atoms with Gasteiger partial charge in [0.2, 0.25) is 0 Å². The summed E-state index contributed by atoms with van der Waals surface area (Å²) in [5.41, 5.74) is -5.35. The van der Waals surface area contributed by atoms with Crippen LogP contribution in [0.15, 0.2) is 24.3 Å². The van der Waals surface area contributed by atoms with Crippen molar-refractivity contribution in [1.29, 1.82) is 0 Å². The summed E-state index contributed by atoms with van der Waals surface area (Å²) in [6.45, 7) is 0. The predicted octanol–water partition coefficient (Wildman–Crippen LogP) is 6.37. The van der Waals surface area contributed by atoms with E-state index in [-0.39, 0.29) is 16.2 Å². The zero-order chi connectivity index (χ0) is 16.1. The van der Waals surface area contributed by atoms with Crippen molar-refractivity contribution in [1.82, 2.24) is 0 Å². The molecule has 0 radical (unpaired) electrons. The van der Waals surface area contributed by atoms with Gasteiger partial charge in [0.15, 0.2) is 0 Å². The van der Waals surface area contributed by atoms with Crippen LogP contribution >= 0.6 is 45.3 Å². The molecular weight excluding hydrogens is 456 g/mol. The average molecular weight is 460 g/mol. The van der Waals surface area contributed by atoms with Gasteiger partial charge in [-0.25, -0.2) is 4.39 Å². The Balaban J connectivity index is 2.52. The molecule has 2 aromatic rings. The van der Waals surface area contributed by atoms with Gasteiger partial charge < -0.3 is 0 Å². The molecule has 0 aliphatic rings. The number of alkyl halides is 7. The number of halogens is 8. The highest BCUT2D eigenvalue weighted by Crippen LogP contribution is 2.55. The first-order valence-corrected chi connectivity index (χ1v) is 7.86. The molecule has 0 aliphatic heterocycles. The van der Waals surface area contributed by atoms with E-state index in [1.54, 1.807) is 12.1 Å². The summed E-state index contributed by atoms with van der Waals surface area (Å²) >= 11 is 3.31. The summed E-state index contributed by atoms with van der Waals surface area (Å²) in [5.74, 6) is 0. The van der Waals surface area contributed by atoms with Crippen molar-refractivity contribution < 1.29 is 30.7 Å². The van der Waals surface area contributed by atoms with E-state index >= 15 is 0 Å². The Morgan fingerprint density at radius 1 is 0.714 bits per heavy atom. The zero-order valence-corrected chi connectivity index (χ0v) is 13.4. The Labute approximate surface area is 135 Å². The Morgan fingerprint density at radius 2 is 1.19 bits per heavy atom. The van der Waals surface area contributed by atoms with E-state index in [9.17, 15) is 30.7 Å². The summed E-state index contributed by atoms with van der Waals surface area (Å²) in [5, 5.41) is 0. The number of hydrogen-bond acceptors (Lipinski definition) is 2. The van der Waals surface area contributed by atoms with Gasteiger partial charge in [0.1, 0.15) is 0 Å². The average Bonchev–Trinajstić information content (AvgIpc) is 2.93. The van der Waals surface area contributed by atoms with Crippen LogP contribution in [0.4, 0.5) is 30.7 Å². The van der Waals surface area contributed by atoms with Crippen LogP contribution in [0, 0.1) is 2.88 Å². The van der Waals surface area contributed by atoms with E-state index in [0.717, 1.165) is 8.95 Å². The third-order valence-electron chi connectivity index (χ3n) is 2.54. The van der Waals surface area contributed by atoms with E-state index < -0.39 is 22.9 Å². The molecule has 116 valence electrons. The van der Waals surface area contributed by atoms with Crippen LogP contribution < -0.4 is 0 Å². The van der Waals surface area contributed by atoms with Gasteiger partial charge in [0.25, 0.3) is 0 Å². The van der Waals surface area contributed by atoms with Gasteiger partial charge in [-0.05, 0) is 46.9 Å². The van der Waals surface area contributed by atoms with Crippen molar-refractivity contribution in [3.63, 3.8) is 0 Å². The summed E-state index contributed by atoms with van der Waals surface area (Å²) in [7, 11) is 0. The molecule has 0 spiro atoms. The van der Waals surface area contributed by atoms with Crippen molar-refractivity contribution in [2.24, 2.45) is 0 Å². The summed E-state index contributed by atoms with van der Waals surface area (Å²) in [6.07, 6.45) is -12.1. The van der Waals surface area contributed by atoms with E-state index in [0.29, 0.717) is 10.9 Å². The highest BCUT2D eigenvalue weighted by atomic mass is 127. The first-order valence-electron chi connectivity index (χ1n) is 5.15. The Kier molecular flexibility index (Phi) is 4.35. The van der Waals surface area contributed by atoms with E-state index in [4.69, 9.17) is 0 Å². The third kappa shape index (κ3) is 2.93. The van der Waals surface area contributed by atoms with Crippen molar-refractivity contribution >= 4 is 45.3 Å². The lowest BCUT2D eigenvalue weighted by atomic mass is 10.0. The van der Waals surface area contributed by atoms with Crippen molar-refractivity contribution in [2.45, 2.75) is 18.0 Å². The highest BCUT2D eigenvalue weighted by Gasteiger charge is 2.74. The fraction of sp³-hybridized carbons (Fsp3) is 0.273. The van der Waals surface area contributed by atoms with Crippen molar-refractivity contribution in [2.75, 3.05) is 0 Å². The lowest BCUT2D eigenvalue weighted by Crippen LogP contribution is -2.49. The quantitative estimate of drug-likeness (QED) is 0.361. The Hall–Kier alpha value is -0.360. The number of hydrogen-bond donors (Lipinski definition) is 0. The van der Waals surface area contributed by atoms with Crippen LogP contribution in [0.5, 0.6) is 0 Å². The van der Waals surface area contributed by atoms with Crippen LogP contribution in [-0.2, 0) is 5.67 Å². The maximum absolute atomic E-state index is 13.8. The third-order valence-corrected chi connectivity index (χ3v) is 5.81. The molecule has 2 heterocycles. The SMILES string of the molecule is FC(F)(F)C(F)(c1ccc(-c2ccc(I)s2)s1)C(F)(F)F. The number of thiophene rings is 2. The zero-order valence-electron chi connectivity index (χ0n) is 9.65. The van der Waals surface area contributed by atoms with Crippen LogP contribution in [0.3, 0.4) is 0 Å². The molecule has 2 rings (SSSR count). The Morgan fingerprint density at radius 3 is 1.62 bits per heavy atom. The smallest absolute Gasteiger partial charge is 0.217 e. The molecule has 0 atom stereocenters. The summed E-state index contributed by atoms with van der Waals surface area (Å²) in [6, 6.07) is 4.82. The van der Waals surface area contributed by atoms with E-state index in [1.165, 1.54) is 11.3 Å². The molecule has 0 unspecified atom stereocenters. The van der Waals surface area contributed by atoms with Crippen molar-refractivity contribution in [3.05, 3.63) is 32.0 Å². The molecule has 10 heteroatoms. The van der Waals surface area contributed by atoms with Gasteiger partial charge in [-0.1, -0.05) is 0 Å². The van der Waals surface area contributed by atoms with Gasteiger partial charge in [-0.15, -0.1) is 22.7 Å². The molecule has 21 heavy (non-hydrogen) atoms. The second-order valence-corrected chi connectivity index (χ2v) is 7.98. The normalized spacial score (nSPS) is 13.7. The molecule has 0 amide bonds. The Bertz CT molecular complexity index is 624. The van der Waals surface area contributed by atoms with Crippen LogP contribution in [0.1, 0.15) is 4.88 Å². The first kappa shape index (κ1) is 17.0. The largest absolute Gasteiger partial charge is 0.436 e. The first-order chi connectivity index (χ1) is 9.47. The van der Waals surface area contributed by atoms with Crippen LogP contribution in [-0.4, -0.2) is 12.4 Å². The second-order valence-electron chi connectivity index (χ2n) is 3.92. The molecule has 2 aromatic heterocycles. The van der Waals surface area contributed by atoms with Crippen molar-refractivity contribution in [3.8, 4) is 9.75 Å². The van der Waals surface area contributed by atoms with E-state index in [1.807, 2.05) is 22.6 Å². The standard InChI is InChI=1S/C11H4F7IS2/c12-9(10(13,14)15,11(16,17)18)7-3-1-5(20-7)6-2-4-8(19)21-6/h1-4H. The second kappa shape index (κ2) is 5.37. The maximum Gasteiger partial charge on any atom is 0.436 e. The predicted molar refractivity (Wildman–Crippen MR) is 75.2 cm³/mol. The monoisotopic (exact) mass is 460 g/mol. The molecule has 0 saturated carbocycles. The molecular formula is C11H4F7IS2. The fourth-order valence-electron chi connectivity index (χ4n) is 1.54. The maximum atomic E-state index is 13.8. The minimum absolute atomic E-state index is 0.152.